The minimum absolute atomic E-state index is 0.119. The standard InChI is InChI=1S/C21H19N3O5S/c1-28-17-11-13(10-16(25)19(17)29-2)12-22-24-20(26)14-6-3-4-7-15(14)23-21(27)18-8-5-9-30-18/h3-12,25H,1-2H3,(H,23,27)(H,24,26)/b22-12+. The molecule has 1 aromatic heterocycles. The van der Waals surface area contributed by atoms with Crippen LogP contribution in [0.25, 0.3) is 0 Å². The largest absolute Gasteiger partial charge is 0.504 e. The maximum atomic E-state index is 12.5. The summed E-state index contributed by atoms with van der Waals surface area (Å²) in [6.07, 6.45) is 1.35. The summed E-state index contributed by atoms with van der Waals surface area (Å²) < 4.78 is 10.2. The predicted octanol–water partition coefficient (Wildman–Crippen LogP) is 3.49. The van der Waals surface area contributed by atoms with Gasteiger partial charge in [-0.1, -0.05) is 18.2 Å². The number of carbonyl (C=O) groups excluding carboxylic acids is 2. The van der Waals surface area contributed by atoms with E-state index in [0.29, 0.717) is 21.9 Å². The van der Waals surface area contributed by atoms with E-state index >= 15 is 0 Å². The number of methoxy groups -OCH3 is 2. The van der Waals surface area contributed by atoms with Gasteiger partial charge in [-0.2, -0.15) is 5.10 Å². The van der Waals surface area contributed by atoms with Crippen molar-refractivity contribution in [3.05, 3.63) is 69.9 Å². The van der Waals surface area contributed by atoms with Crippen LogP contribution in [0, 0.1) is 0 Å². The maximum absolute atomic E-state index is 12.5. The third-order valence-electron chi connectivity index (χ3n) is 4.03. The second-order valence-electron chi connectivity index (χ2n) is 5.95. The van der Waals surface area contributed by atoms with Gasteiger partial charge < -0.3 is 19.9 Å². The van der Waals surface area contributed by atoms with Crippen LogP contribution in [0.1, 0.15) is 25.6 Å². The lowest BCUT2D eigenvalue weighted by molar-refractivity contribution is 0.0956. The number of benzene rings is 2. The Morgan fingerprint density at radius 3 is 2.57 bits per heavy atom. The van der Waals surface area contributed by atoms with E-state index in [-0.39, 0.29) is 23.0 Å². The SMILES string of the molecule is COc1cc(/C=N/NC(=O)c2ccccc2NC(=O)c2cccs2)cc(O)c1OC. The normalized spacial score (nSPS) is 10.6. The van der Waals surface area contributed by atoms with E-state index in [4.69, 9.17) is 9.47 Å². The van der Waals surface area contributed by atoms with Crippen molar-refractivity contribution in [2.45, 2.75) is 0 Å². The number of hydrogen-bond acceptors (Lipinski definition) is 7. The average Bonchev–Trinajstić information content (AvgIpc) is 3.28. The van der Waals surface area contributed by atoms with Crippen LogP contribution in [-0.4, -0.2) is 37.4 Å². The fraction of sp³-hybridized carbons (Fsp3) is 0.0952. The molecular weight excluding hydrogens is 406 g/mol. The van der Waals surface area contributed by atoms with Gasteiger partial charge in [0, 0.05) is 5.56 Å². The van der Waals surface area contributed by atoms with Crippen molar-refractivity contribution in [3.8, 4) is 17.2 Å². The number of anilines is 1. The number of thiophene rings is 1. The predicted molar refractivity (Wildman–Crippen MR) is 115 cm³/mol. The zero-order valence-electron chi connectivity index (χ0n) is 16.2. The van der Waals surface area contributed by atoms with Gasteiger partial charge in [-0.25, -0.2) is 5.43 Å². The number of phenolic OH excluding ortho intramolecular Hbond substituents is 1. The number of phenols is 1. The van der Waals surface area contributed by atoms with E-state index in [1.54, 1.807) is 47.8 Å². The Kier molecular flexibility index (Phi) is 6.66. The second-order valence-corrected chi connectivity index (χ2v) is 6.90. The van der Waals surface area contributed by atoms with Gasteiger partial charge in [0.2, 0.25) is 5.75 Å². The highest BCUT2D eigenvalue weighted by molar-refractivity contribution is 7.12. The van der Waals surface area contributed by atoms with Gasteiger partial charge in [0.05, 0.1) is 36.6 Å². The summed E-state index contributed by atoms with van der Waals surface area (Å²) in [5.74, 6) is -0.389. The first kappa shape index (κ1) is 20.9. The molecule has 30 heavy (non-hydrogen) atoms. The van der Waals surface area contributed by atoms with Gasteiger partial charge in [0.25, 0.3) is 11.8 Å². The molecule has 154 valence electrons. The Bertz CT molecular complexity index is 1080. The smallest absolute Gasteiger partial charge is 0.273 e. The first-order chi connectivity index (χ1) is 14.5. The molecule has 0 bridgehead atoms. The number of ether oxygens (including phenoxy) is 2. The van der Waals surface area contributed by atoms with Gasteiger partial charge in [0.1, 0.15) is 0 Å². The van der Waals surface area contributed by atoms with Gasteiger partial charge in [-0.3, -0.25) is 9.59 Å². The highest BCUT2D eigenvalue weighted by atomic mass is 32.1. The number of para-hydroxylation sites is 1. The molecule has 3 N–H and O–H groups in total. The van der Waals surface area contributed by atoms with Gasteiger partial charge in [0.15, 0.2) is 11.5 Å². The molecule has 0 aliphatic rings. The molecule has 0 atom stereocenters. The lowest BCUT2D eigenvalue weighted by atomic mass is 10.1. The Labute approximate surface area is 176 Å². The summed E-state index contributed by atoms with van der Waals surface area (Å²) >= 11 is 1.31. The third-order valence-corrected chi connectivity index (χ3v) is 4.89. The molecule has 2 amide bonds. The van der Waals surface area contributed by atoms with E-state index in [1.165, 1.54) is 37.8 Å². The van der Waals surface area contributed by atoms with Crippen molar-refractivity contribution < 1.29 is 24.2 Å². The lowest BCUT2D eigenvalue weighted by Crippen LogP contribution is -2.21. The molecule has 1 heterocycles. The van der Waals surface area contributed by atoms with Gasteiger partial charge in [-0.15, -0.1) is 11.3 Å². The summed E-state index contributed by atoms with van der Waals surface area (Å²) in [7, 11) is 2.86. The van der Waals surface area contributed by atoms with E-state index < -0.39 is 5.91 Å². The van der Waals surface area contributed by atoms with Crippen molar-refractivity contribution in [1.82, 2.24) is 5.43 Å². The number of hydrogen-bond donors (Lipinski definition) is 3. The molecule has 0 radical (unpaired) electrons. The molecule has 0 saturated carbocycles. The van der Waals surface area contributed by atoms with Crippen LogP contribution >= 0.6 is 11.3 Å². The first-order valence-electron chi connectivity index (χ1n) is 8.75. The topological polar surface area (TPSA) is 109 Å². The molecule has 8 nitrogen and oxygen atoms in total. The molecule has 0 spiro atoms. The molecule has 3 aromatic rings. The molecular formula is C21H19N3O5S. The van der Waals surface area contributed by atoms with Crippen LogP contribution < -0.4 is 20.2 Å². The Hall–Kier alpha value is -3.85. The fourth-order valence-electron chi connectivity index (χ4n) is 2.65. The van der Waals surface area contributed by atoms with Gasteiger partial charge >= 0.3 is 0 Å². The molecule has 9 heteroatoms. The van der Waals surface area contributed by atoms with Crippen molar-refractivity contribution in [2.75, 3.05) is 19.5 Å². The van der Waals surface area contributed by atoms with E-state index in [0.717, 1.165) is 0 Å². The monoisotopic (exact) mass is 425 g/mol. The van der Waals surface area contributed by atoms with Gasteiger partial charge in [-0.05, 0) is 35.7 Å². The van der Waals surface area contributed by atoms with Crippen molar-refractivity contribution in [3.63, 3.8) is 0 Å². The number of amides is 2. The van der Waals surface area contributed by atoms with Crippen molar-refractivity contribution >= 4 is 35.1 Å². The molecule has 0 unspecified atom stereocenters. The number of carbonyl (C=O) groups is 2. The van der Waals surface area contributed by atoms with Crippen LogP contribution in [-0.2, 0) is 0 Å². The van der Waals surface area contributed by atoms with E-state index in [2.05, 4.69) is 15.8 Å². The molecule has 3 rings (SSSR count). The summed E-state index contributed by atoms with van der Waals surface area (Å²) in [4.78, 5) is 25.4. The molecule has 0 aliphatic heterocycles. The van der Waals surface area contributed by atoms with E-state index in [9.17, 15) is 14.7 Å². The minimum Gasteiger partial charge on any atom is -0.504 e. The van der Waals surface area contributed by atoms with Crippen molar-refractivity contribution in [2.24, 2.45) is 5.10 Å². The van der Waals surface area contributed by atoms with Crippen LogP contribution in [0.4, 0.5) is 5.69 Å². The number of hydrazone groups is 1. The number of nitrogens with one attached hydrogen (secondary N) is 2. The van der Waals surface area contributed by atoms with Crippen LogP contribution in [0.5, 0.6) is 17.2 Å². The van der Waals surface area contributed by atoms with Crippen molar-refractivity contribution in [1.29, 1.82) is 0 Å². The average molecular weight is 425 g/mol. The maximum Gasteiger partial charge on any atom is 0.273 e. The first-order valence-corrected chi connectivity index (χ1v) is 9.63. The zero-order valence-corrected chi connectivity index (χ0v) is 17.0. The highest BCUT2D eigenvalue weighted by Crippen LogP contribution is 2.36. The quantitative estimate of drug-likeness (QED) is 0.397. The summed E-state index contributed by atoms with van der Waals surface area (Å²) in [6, 6.07) is 13.1. The Morgan fingerprint density at radius 1 is 1.07 bits per heavy atom. The second kappa shape index (κ2) is 9.57. The van der Waals surface area contributed by atoms with Crippen LogP contribution in [0.15, 0.2) is 59.0 Å². The summed E-state index contributed by atoms with van der Waals surface area (Å²) in [5.41, 5.74) is 3.53. The zero-order chi connectivity index (χ0) is 21.5. The number of rotatable bonds is 7. The Balaban J connectivity index is 1.73. The lowest BCUT2D eigenvalue weighted by Gasteiger charge is -2.10. The highest BCUT2D eigenvalue weighted by Gasteiger charge is 2.14. The molecule has 0 saturated heterocycles. The molecule has 2 aromatic carbocycles. The number of nitrogens with zero attached hydrogens (tertiary/aromatic N) is 1. The molecule has 0 fully saturated rings. The fourth-order valence-corrected chi connectivity index (χ4v) is 3.27. The van der Waals surface area contributed by atoms with E-state index in [1.807, 2.05) is 0 Å². The minimum atomic E-state index is -0.502. The number of aromatic hydroxyl groups is 1. The van der Waals surface area contributed by atoms with Crippen LogP contribution in [0.3, 0.4) is 0 Å². The Morgan fingerprint density at radius 2 is 1.87 bits per heavy atom. The third kappa shape index (κ3) is 4.76. The summed E-state index contributed by atoms with van der Waals surface area (Å²) in [6.45, 7) is 0. The van der Waals surface area contributed by atoms with Crippen LogP contribution in [0.2, 0.25) is 0 Å². The summed E-state index contributed by atoms with van der Waals surface area (Å²) in [5, 5.41) is 18.4. The molecule has 0 aliphatic carbocycles.